The lowest BCUT2D eigenvalue weighted by Crippen LogP contribution is -2.48. The van der Waals surface area contributed by atoms with Crippen LogP contribution in [0.25, 0.3) is 0 Å². The van der Waals surface area contributed by atoms with Crippen molar-refractivity contribution in [1.82, 2.24) is 14.8 Å². The number of anilines is 1. The summed E-state index contributed by atoms with van der Waals surface area (Å²) in [6.07, 6.45) is 1.65. The van der Waals surface area contributed by atoms with E-state index in [2.05, 4.69) is 33.8 Å². The van der Waals surface area contributed by atoms with Crippen LogP contribution in [-0.2, 0) is 6.54 Å². The minimum atomic E-state index is 0.437. The molecule has 102 valence electrons. The number of oxazole rings is 1. The van der Waals surface area contributed by atoms with Crippen molar-refractivity contribution in [3.8, 4) is 0 Å². The lowest BCUT2D eigenvalue weighted by molar-refractivity contribution is 0.226. The van der Waals surface area contributed by atoms with Crippen molar-refractivity contribution >= 4 is 6.01 Å². The average molecular weight is 253 g/mol. The molecule has 18 heavy (non-hydrogen) atoms. The Hall–Kier alpha value is -1.11. The normalized spacial score (nSPS) is 17.7. The number of likely N-dealkylation sites (N-methyl/N-ethyl adjacent to an activating group) is 1. The van der Waals surface area contributed by atoms with E-state index in [1.165, 1.54) is 0 Å². The third-order valence-electron chi connectivity index (χ3n) is 3.26. The van der Waals surface area contributed by atoms with Gasteiger partial charge in [-0.15, -0.1) is 0 Å². The van der Waals surface area contributed by atoms with Crippen LogP contribution in [0.4, 0.5) is 6.01 Å². The number of nitrogens with zero attached hydrogens (tertiary/aromatic N) is 4. The summed E-state index contributed by atoms with van der Waals surface area (Å²) >= 11 is 0. The zero-order valence-corrected chi connectivity index (χ0v) is 11.3. The van der Waals surface area contributed by atoms with Gasteiger partial charge in [0.1, 0.15) is 6.26 Å². The Morgan fingerprint density at radius 1 is 1.33 bits per heavy atom. The second kappa shape index (κ2) is 6.17. The summed E-state index contributed by atoms with van der Waals surface area (Å²) in [6, 6.07) is 0.711. The van der Waals surface area contributed by atoms with Crippen LogP contribution in [0.1, 0.15) is 5.69 Å². The third-order valence-corrected chi connectivity index (χ3v) is 3.26. The molecule has 0 radical (unpaired) electrons. The van der Waals surface area contributed by atoms with E-state index in [0.29, 0.717) is 12.6 Å². The fraction of sp³-hybridized carbons (Fsp3) is 0.750. The maximum atomic E-state index is 5.53. The van der Waals surface area contributed by atoms with Crippen LogP contribution in [-0.4, -0.2) is 68.1 Å². The SMILES string of the molecule is CN(C)CCN1CCN(c2nc(CN)co2)CC1. The van der Waals surface area contributed by atoms with Gasteiger partial charge < -0.3 is 20.0 Å². The zero-order valence-electron chi connectivity index (χ0n) is 11.3. The van der Waals surface area contributed by atoms with E-state index in [1.54, 1.807) is 6.26 Å². The van der Waals surface area contributed by atoms with Gasteiger partial charge in [0.15, 0.2) is 0 Å². The van der Waals surface area contributed by atoms with Crippen LogP contribution in [0.2, 0.25) is 0 Å². The van der Waals surface area contributed by atoms with Crippen LogP contribution in [0.5, 0.6) is 0 Å². The van der Waals surface area contributed by atoms with Crippen molar-refractivity contribution in [1.29, 1.82) is 0 Å². The van der Waals surface area contributed by atoms with Gasteiger partial charge in [0.2, 0.25) is 0 Å². The molecule has 1 saturated heterocycles. The number of piperazine rings is 1. The Kier molecular flexibility index (Phi) is 4.57. The summed E-state index contributed by atoms with van der Waals surface area (Å²) in [7, 11) is 4.22. The van der Waals surface area contributed by atoms with Crippen LogP contribution in [0, 0.1) is 0 Å². The summed E-state index contributed by atoms with van der Waals surface area (Å²) < 4.78 is 5.44. The lowest BCUT2D eigenvalue weighted by atomic mass is 10.3. The number of hydrogen-bond donors (Lipinski definition) is 1. The van der Waals surface area contributed by atoms with Crippen LogP contribution in [0.15, 0.2) is 10.7 Å². The van der Waals surface area contributed by atoms with Crippen LogP contribution < -0.4 is 10.6 Å². The molecule has 1 aliphatic rings. The molecule has 6 heteroatoms. The van der Waals surface area contributed by atoms with Gasteiger partial charge in [0.25, 0.3) is 6.01 Å². The van der Waals surface area contributed by atoms with Gasteiger partial charge in [0, 0.05) is 45.8 Å². The molecule has 0 amide bonds. The highest BCUT2D eigenvalue weighted by Crippen LogP contribution is 2.15. The zero-order chi connectivity index (χ0) is 13.0. The molecule has 0 bridgehead atoms. The molecule has 0 saturated carbocycles. The lowest BCUT2D eigenvalue weighted by Gasteiger charge is -2.34. The first-order valence-corrected chi connectivity index (χ1v) is 6.45. The van der Waals surface area contributed by atoms with Gasteiger partial charge in [0.05, 0.1) is 5.69 Å². The highest BCUT2D eigenvalue weighted by atomic mass is 16.4. The number of nitrogens with two attached hydrogens (primary N) is 1. The largest absolute Gasteiger partial charge is 0.432 e. The average Bonchev–Trinajstić information content (AvgIpc) is 2.85. The molecule has 1 aliphatic heterocycles. The summed E-state index contributed by atoms with van der Waals surface area (Å²) in [4.78, 5) is 11.2. The molecular weight excluding hydrogens is 230 g/mol. The summed E-state index contributed by atoms with van der Waals surface area (Å²) in [6.45, 7) is 6.74. The number of hydrogen-bond acceptors (Lipinski definition) is 6. The van der Waals surface area contributed by atoms with Gasteiger partial charge >= 0.3 is 0 Å². The van der Waals surface area contributed by atoms with Gasteiger partial charge in [-0.2, -0.15) is 4.98 Å². The predicted octanol–water partition coefficient (Wildman–Crippen LogP) is -0.183. The first kappa shape index (κ1) is 13.3. The fourth-order valence-corrected chi connectivity index (χ4v) is 2.04. The fourth-order valence-electron chi connectivity index (χ4n) is 2.04. The smallest absolute Gasteiger partial charge is 0.297 e. The number of rotatable bonds is 5. The van der Waals surface area contributed by atoms with Gasteiger partial charge in [-0.3, -0.25) is 4.90 Å². The van der Waals surface area contributed by atoms with E-state index in [9.17, 15) is 0 Å². The molecule has 0 aromatic carbocycles. The van der Waals surface area contributed by atoms with Crippen LogP contribution in [0.3, 0.4) is 0 Å². The first-order chi connectivity index (χ1) is 8.69. The molecule has 0 spiro atoms. The maximum Gasteiger partial charge on any atom is 0.297 e. The van der Waals surface area contributed by atoms with E-state index in [4.69, 9.17) is 10.2 Å². The van der Waals surface area contributed by atoms with Gasteiger partial charge in [-0.05, 0) is 14.1 Å². The van der Waals surface area contributed by atoms with Gasteiger partial charge in [-0.1, -0.05) is 0 Å². The molecule has 1 fully saturated rings. The van der Waals surface area contributed by atoms with Crippen molar-refractivity contribution in [2.24, 2.45) is 5.73 Å². The van der Waals surface area contributed by atoms with Crippen molar-refractivity contribution in [3.63, 3.8) is 0 Å². The molecule has 2 heterocycles. The highest BCUT2D eigenvalue weighted by molar-refractivity contribution is 5.27. The third kappa shape index (κ3) is 3.44. The molecule has 6 nitrogen and oxygen atoms in total. The van der Waals surface area contributed by atoms with E-state index in [-0.39, 0.29) is 0 Å². The molecule has 1 aromatic heterocycles. The molecule has 1 aromatic rings. The van der Waals surface area contributed by atoms with Crippen molar-refractivity contribution in [2.75, 3.05) is 58.3 Å². The van der Waals surface area contributed by atoms with Crippen LogP contribution >= 0.6 is 0 Å². The minimum absolute atomic E-state index is 0.437. The summed E-state index contributed by atoms with van der Waals surface area (Å²) in [5.41, 5.74) is 6.35. The number of aromatic nitrogens is 1. The molecule has 0 unspecified atom stereocenters. The summed E-state index contributed by atoms with van der Waals surface area (Å²) in [5, 5.41) is 0. The Labute approximate surface area is 108 Å². The van der Waals surface area contributed by atoms with Crippen molar-refractivity contribution in [2.45, 2.75) is 6.54 Å². The maximum absolute atomic E-state index is 5.53. The standard InChI is InChI=1S/C12H23N5O/c1-15(2)3-4-16-5-7-17(8-6-16)12-14-11(9-13)10-18-12/h10H,3-9,13H2,1-2H3. The van der Waals surface area contributed by atoms with E-state index < -0.39 is 0 Å². The monoisotopic (exact) mass is 253 g/mol. The molecular formula is C12H23N5O. The Bertz CT molecular complexity index is 357. The van der Waals surface area contributed by atoms with E-state index in [1.807, 2.05) is 0 Å². The van der Waals surface area contributed by atoms with Crippen molar-refractivity contribution < 1.29 is 4.42 Å². The minimum Gasteiger partial charge on any atom is -0.432 e. The topological polar surface area (TPSA) is 61.8 Å². The second-order valence-electron chi connectivity index (χ2n) is 4.96. The Balaban J connectivity index is 1.79. The quantitative estimate of drug-likeness (QED) is 0.785. The first-order valence-electron chi connectivity index (χ1n) is 6.45. The predicted molar refractivity (Wildman–Crippen MR) is 71.6 cm³/mol. The highest BCUT2D eigenvalue weighted by Gasteiger charge is 2.20. The Morgan fingerprint density at radius 3 is 2.61 bits per heavy atom. The molecule has 2 N–H and O–H groups in total. The van der Waals surface area contributed by atoms with Crippen molar-refractivity contribution in [3.05, 3.63) is 12.0 Å². The molecule has 2 rings (SSSR count). The van der Waals surface area contributed by atoms with E-state index in [0.717, 1.165) is 45.0 Å². The molecule has 0 atom stereocenters. The summed E-state index contributed by atoms with van der Waals surface area (Å²) in [5.74, 6) is 0. The Morgan fingerprint density at radius 2 is 2.06 bits per heavy atom. The molecule has 0 aliphatic carbocycles. The second-order valence-corrected chi connectivity index (χ2v) is 4.96. The van der Waals surface area contributed by atoms with Gasteiger partial charge in [-0.25, -0.2) is 0 Å². The van der Waals surface area contributed by atoms with E-state index >= 15 is 0 Å².